The molecule has 4 N–H and O–H groups in total. The lowest BCUT2D eigenvalue weighted by molar-refractivity contribution is 0.0711. The Morgan fingerprint density at radius 2 is 2.00 bits per heavy atom. The zero-order valence-corrected chi connectivity index (χ0v) is 14.4. The summed E-state index contributed by atoms with van der Waals surface area (Å²) in [5, 5.41) is 14.2. The number of nitrogens with one attached hydrogen (secondary N) is 3. The first-order chi connectivity index (χ1) is 11.4. The SMILES string of the molecule is COc1ccc(C)cc1NC(=O)NC(C)c1ccc(C(=O)NO)s1. The van der Waals surface area contributed by atoms with Crippen LogP contribution in [-0.2, 0) is 0 Å². The summed E-state index contributed by atoms with van der Waals surface area (Å²) in [4.78, 5) is 24.7. The summed E-state index contributed by atoms with van der Waals surface area (Å²) in [6, 6.07) is 8.13. The zero-order chi connectivity index (χ0) is 17.7. The lowest BCUT2D eigenvalue weighted by atomic mass is 10.2. The van der Waals surface area contributed by atoms with Gasteiger partial charge in [-0.25, -0.2) is 10.3 Å². The number of anilines is 1. The Kier molecular flexibility index (Phi) is 5.78. The van der Waals surface area contributed by atoms with E-state index in [1.54, 1.807) is 30.6 Å². The lowest BCUT2D eigenvalue weighted by Gasteiger charge is -2.15. The van der Waals surface area contributed by atoms with Gasteiger partial charge in [0.1, 0.15) is 5.75 Å². The maximum Gasteiger partial charge on any atom is 0.319 e. The van der Waals surface area contributed by atoms with Crippen LogP contribution in [0, 0.1) is 6.92 Å². The van der Waals surface area contributed by atoms with E-state index >= 15 is 0 Å². The highest BCUT2D eigenvalue weighted by Gasteiger charge is 2.15. The molecular formula is C16H19N3O4S. The van der Waals surface area contributed by atoms with Gasteiger partial charge in [-0.3, -0.25) is 10.0 Å². The lowest BCUT2D eigenvalue weighted by Crippen LogP contribution is -2.30. The van der Waals surface area contributed by atoms with E-state index in [-0.39, 0.29) is 12.1 Å². The van der Waals surface area contributed by atoms with Gasteiger partial charge >= 0.3 is 6.03 Å². The van der Waals surface area contributed by atoms with Crippen LogP contribution in [0.5, 0.6) is 5.75 Å². The number of rotatable bonds is 5. The summed E-state index contributed by atoms with van der Waals surface area (Å²) >= 11 is 1.19. The van der Waals surface area contributed by atoms with Crippen LogP contribution >= 0.6 is 11.3 Å². The molecule has 1 heterocycles. The Morgan fingerprint density at radius 1 is 1.25 bits per heavy atom. The molecule has 1 unspecified atom stereocenters. The van der Waals surface area contributed by atoms with Crippen LogP contribution < -0.4 is 20.9 Å². The number of thiophene rings is 1. The highest BCUT2D eigenvalue weighted by Crippen LogP contribution is 2.26. The third-order valence-corrected chi connectivity index (χ3v) is 4.60. The number of hydrogen-bond donors (Lipinski definition) is 4. The Morgan fingerprint density at radius 3 is 2.67 bits per heavy atom. The van der Waals surface area contributed by atoms with E-state index in [2.05, 4.69) is 10.6 Å². The van der Waals surface area contributed by atoms with Crippen molar-refractivity contribution in [2.45, 2.75) is 19.9 Å². The largest absolute Gasteiger partial charge is 0.495 e. The molecule has 0 bridgehead atoms. The fourth-order valence-corrected chi connectivity index (χ4v) is 3.01. The number of hydrogen-bond acceptors (Lipinski definition) is 5. The monoisotopic (exact) mass is 349 g/mol. The smallest absolute Gasteiger partial charge is 0.319 e. The number of hydroxylamine groups is 1. The quantitative estimate of drug-likeness (QED) is 0.492. The van der Waals surface area contributed by atoms with Gasteiger partial charge in [-0.05, 0) is 43.7 Å². The van der Waals surface area contributed by atoms with Gasteiger partial charge in [-0.2, -0.15) is 0 Å². The van der Waals surface area contributed by atoms with Crippen LogP contribution in [0.4, 0.5) is 10.5 Å². The molecule has 1 atom stereocenters. The number of carbonyl (C=O) groups excluding carboxylic acids is 2. The molecule has 0 aliphatic heterocycles. The van der Waals surface area contributed by atoms with Crippen molar-refractivity contribution in [1.82, 2.24) is 10.8 Å². The van der Waals surface area contributed by atoms with Gasteiger partial charge < -0.3 is 15.4 Å². The van der Waals surface area contributed by atoms with Crippen molar-refractivity contribution in [2.75, 3.05) is 12.4 Å². The molecule has 2 rings (SSSR count). The first-order valence-corrected chi connectivity index (χ1v) is 8.02. The summed E-state index contributed by atoms with van der Waals surface area (Å²) in [7, 11) is 1.54. The maximum atomic E-state index is 12.2. The normalized spacial score (nSPS) is 11.5. The molecule has 0 aliphatic carbocycles. The van der Waals surface area contributed by atoms with Crippen LogP contribution in [0.2, 0.25) is 0 Å². The van der Waals surface area contributed by atoms with Crippen LogP contribution in [0.3, 0.4) is 0 Å². The number of aryl methyl sites for hydroxylation is 1. The summed E-state index contributed by atoms with van der Waals surface area (Å²) < 4.78 is 5.22. The summed E-state index contributed by atoms with van der Waals surface area (Å²) in [5.41, 5.74) is 3.16. The van der Waals surface area contributed by atoms with Gasteiger partial charge in [0.2, 0.25) is 0 Å². The zero-order valence-electron chi connectivity index (χ0n) is 13.5. The van der Waals surface area contributed by atoms with Crippen molar-refractivity contribution >= 4 is 29.0 Å². The van der Waals surface area contributed by atoms with Gasteiger partial charge in [0.05, 0.1) is 23.7 Å². The third kappa shape index (κ3) is 4.24. The molecule has 24 heavy (non-hydrogen) atoms. The first kappa shape index (κ1) is 17.8. The van der Waals surface area contributed by atoms with E-state index < -0.39 is 5.91 Å². The summed E-state index contributed by atoms with van der Waals surface area (Å²) in [5.74, 6) is -0.00571. The second kappa shape index (κ2) is 7.80. The Balaban J connectivity index is 2.03. The topological polar surface area (TPSA) is 99.7 Å². The number of urea groups is 1. The molecular weight excluding hydrogens is 330 g/mol. The van der Waals surface area contributed by atoms with E-state index in [1.807, 2.05) is 19.1 Å². The average Bonchev–Trinajstić information content (AvgIpc) is 3.04. The van der Waals surface area contributed by atoms with Crippen molar-refractivity contribution in [2.24, 2.45) is 0 Å². The minimum absolute atomic E-state index is 0.300. The van der Waals surface area contributed by atoms with E-state index in [9.17, 15) is 9.59 Å². The van der Waals surface area contributed by atoms with Crippen molar-refractivity contribution < 1.29 is 19.5 Å². The molecule has 0 aliphatic rings. The molecule has 0 saturated heterocycles. The predicted molar refractivity (Wildman–Crippen MR) is 91.9 cm³/mol. The van der Waals surface area contributed by atoms with Gasteiger partial charge in [0, 0.05) is 4.88 Å². The molecule has 0 radical (unpaired) electrons. The standard InChI is InChI=1S/C16H19N3O4S/c1-9-4-5-12(23-3)11(8-9)18-16(21)17-10(2)13-6-7-14(24-13)15(20)19-22/h4-8,10,22H,1-3H3,(H,19,20)(H2,17,18,21). The molecule has 2 aromatic rings. The minimum Gasteiger partial charge on any atom is -0.495 e. The molecule has 0 saturated carbocycles. The van der Waals surface area contributed by atoms with Crippen LogP contribution in [0.25, 0.3) is 0 Å². The number of ether oxygens (including phenoxy) is 1. The fraction of sp³-hybridized carbons (Fsp3) is 0.250. The highest BCUT2D eigenvalue weighted by atomic mass is 32.1. The van der Waals surface area contributed by atoms with E-state index in [4.69, 9.17) is 9.94 Å². The maximum absolute atomic E-state index is 12.2. The molecule has 8 heteroatoms. The molecule has 7 nitrogen and oxygen atoms in total. The van der Waals surface area contributed by atoms with Crippen molar-refractivity contribution in [3.63, 3.8) is 0 Å². The molecule has 3 amide bonds. The van der Waals surface area contributed by atoms with Crippen LogP contribution in [0.15, 0.2) is 30.3 Å². The molecule has 128 valence electrons. The number of carbonyl (C=O) groups is 2. The number of amides is 3. The van der Waals surface area contributed by atoms with E-state index in [1.165, 1.54) is 18.4 Å². The molecule has 0 spiro atoms. The van der Waals surface area contributed by atoms with Gasteiger partial charge in [0.25, 0.3) is 5.91 Å². The third-order valence-electron chi connectivity index (χ3n) is 3.33. The fourth-order valence-electron chi connectivity index (χ4n) is 2.11. The molecule has 1 aromatic carbocycles. The molecule has 0 fully saturated rings. The van der Waals surface area contributed by atoms with E-state index in [0.717, 1.165) is 10.4 Å². The predicted octanol–water partition coefficient (Wildman–Crippen LogP) is 3.07. The summed E-state index contributed by atoms with van der Waals surface area (Å²) in [6.07, 6.45) is 0. The second-order valence-corrected chi connectivity index (χ2v) is 6.28. The first-order valence-electron chi connectivity index (χ1n) is 7.21. The average molecular weight is 349 g/mol. The van der Waals surface area contributed by atoms with Gasteiger partial charge in [0.15, 0.2) is 0 Å². The van der Waals surface area contributed by atoms with Crippen molar-refractivity contribution in [1.29, 1.82) is 0 Å². The minimum atomic E-state index is -0.576. The van der Waals surface area contributed by atoms with Crippen LogP contribution in [-0.4, -0.2) is 24.3 Å². The van der Waals surface area contributed by atoms with Gasteiger partial charge in [-0.1, -0.05) is 6.07 Å². The van der Waals surface area contributed by atoms with Crippen molar-refractivity contribution in [3.8, 4) is 5.75 Å². The Hall–Kier alpha value is -2.58. The molecule has 1 aromatic heterocycles. The van der Waals surface area contributed by atoms with Crippen LogP contribution in [0.1, 0.15) is 33.1 Å². The number of methoxy groups -OCH3 is 1. The number of benzene rings is 1. The van der Waals surface area contributed by atoms with Gasteiger partial charge in [-0.15, -0.1) is 11.3 Å². The van der Waals surface area contributed by atoms with E-state index in [0.29, 0.717) is 16.3 Å². The Labute approximate surface area is 143 Å². The van der Waals surface area contributed by atoms with Crippen molar-refractivity contribution in [3.05, 3.63) is 45.6 Å². The highest BCUT2D eigenvalue weighted by molar-refractivity contribution is 7.14. The Bertz CT molecular complexity index is 745. The summed E-state index contributed by atoms with van der Waals surface area (Å²) in [6.45, 7) is 3.73. The second-order valence-electron chi connectivity index (χ2n) is 5.17.